The average Bonchev–Trinajstić information content (AvgIpc) is 2.55. The van der Waals surface area contributed by atoms with Crippen molar-refractivity contribution in [1.82, 2.24) is 5.32 Å². The third-order valence-electron chi connectivity index (χ3n) is 5.23. The van der Waals surface area contributed by atoms with Crippen molar-refractivity contribution in [2.24, 2.45) is 5.41 Å². The van der Waals surface area contributed by atoms with E-state index in [0.717, 1.165) is 30.9 Å². The summed E-state index contributed by atoms with van der Waals surface area (Å²) in [7, 11) is 1.93. The second-order valence-corrected chi connectivity index (χ2v) is 6.19. The third-order valence-corrected chi connectivity index (χ3v) is 5.23. The fraction of sp³-hybridized carbons (Fsp3) is 0.611. The molecule has 0 aromatic heterocycles. The number of nitrogens with one attached hydrogen (secondary N) is 1. The molecule has 0 radical (unpaired) electrons. The molecule has 21 heavy (non-hydrogen) atoms. The molecule has 1 fully saturated rings. The Morgan fingerprint density at radius 1 is 1.24 bits per heavy atom. The summed E-state index contributed by atoms with van der Waals surface area (Å²) >= 11 is 0. The van der Waals surface area contributed by atoms with Crippen molar-refractivity contribution in [3.63, 3.8) is 0 Å². The van der Waals surface area contributed by atoms with Gasteiger partial charge in [0.05, 0.1) is 11.3 Å². The highest BCUT2D eigenvalue weighted by Gasteiger charge is 2.31. The Morgan fingerprint density at radius 2 is 1.90 bits per heavy atom. The number of hydrogen-bond donors (Lipinski definition) is 1. The maximum atomic E-state index is 9.44. The average molecular weight is 285 g/mol. The first-order chi connectivity index (χ1) is 10.2. The summed E-state index contributed by atoms with van der Waals surface area (Å²) in [5.41, 5.74) is 3.61. The van der Waals surface area contributed by atoms with Crippen LogP contribution in [0.3, 0.4) is 0 Å². The first-order valence-electron chi connectivity index (χ1n) is 8.10. The highest BCUT2D eigenvalue weighted by molar-refractivity contribution is 5.60. The summed E-state index contributed by atoms with van der Waals surface area (Å²) in [4.78, 5) is 2.39. The molecule has 0 bridgehead atoms. The van der Waals surface area contributed by atoms with Crippen LogP contribution in [0.1, 0.15) is 50.7 Å². The van der Waals surface area contributed by atoms with Gasteiger partial charge in [-0.2, -0.15) is 5.26 Å². The highest BCUT2D eigenvalue weighted by atomic mass is 15.1. The number of benzene rings is 1. The van der Waals surface area contributed by atoms with Gasteiger partial charge in [0.2, 0.25) is 0 Å². The van der Waals surface area contributed by atoms with Gasteiger partial charge < -0.3 is 10.2 Å². The van der Waals surface area contributed by atoms with Gasteiger partial charge >= 0.3 is 0 Å². The monoisotopic (exact) mass is 285 g/mol. The molecule has 0 atom stereocenters. The molecule has 0 saturated carbocycles. The predicted octanol–water partition coefficient (Wildman–Crippen LogP) is 3.68. The summed E-state index contributed by atoms with van der Waals surface area (Å²) in [6.45, 7) is 7.58. The van der Waals surface area contributed by atoms with Gasteiger partial charge in [-0.15, -0.1) is 0 Å². The van der Waals surface area contributed by atoms with Crippen molar-refractivity contribution < 1.29 is 0 Å². The molecule has 1 aromatic rings. The molecule has 0 unspecified atom stereocenters. The molecular formula is C18H27N3. The lowest BCUT2D eigenvalue weighted by molar-refractivity contribution is 0.199. The van der Waals surface area contributed by atoms with Gasteiger partial charge in [-0.3, -0.25) is 0 Å². The van der Waals surface area contributed by atoms with Crippen LogP contribution in [-0.2, 0) is 6.54 Å². The fourth-order valence-corrected chi connectivity index (χ4v) is 3.44. The fourth-order valence-electron chi connectivity index (χ4n) is 3.44. The highest BCUT2D eigenvalue weighted by Crippen LogP contribution is 2.39. The topological polar surface area (TPSA) is 39.1 Å². The van der Waals surface area contributed by atoms with E-state index in [1.807, 2.05) is 13.1 Å². The molecule has 1 aliphatic heterocycles. The van der Waals surface area contributed by atoms with Gasteiger partial charge in [-0.05, 0) is 43.0 Å². The Morgan fingerprint density at radius 3 is 2.43 bits per heavy atom. The molecular weight excluding hydrogens is 258 g/mol. The van der Waals surface area contributed by atoms with Crippen molar-refractivity contribution >= 4 is 5.69 Å². The molecule has 1 aliphatic rings. The number of nitriles is 1. The molecule has 0 spiro atoms. The van der Waals surface area contributed by atoms with Crippen molar-refractivity contribution in [3.05, 3.63) is 29.3 Å². The summed E-state index contributed by atoms with van der Waals surface area (Å²) in [5.74, 6) is 0. The minimum atomic E-state index is 0.523. The van der Waals surface area contributed by atoms with Crippen molar-refractivity contribution in [1.29, 1.82) is 5.26 Å². The molecule has 1 N–H and O–H groups in total. The molecule has 114 valence electrons. The Balaban J connectivity index is 2.15. The Labute approximate surface area is 129 Å². The lowest BCUT2D eigenvalue weighted by Crippen LogP contribution is -2.40. The van der Waals surface area contributed by atoms with Gasteiger partial charge in [0.1, 0.15) is 6.07 Å². The van der Waals surface area contributed by atoms with E-state index in [1.54, 1.807) is 0 Å². The van der Waals surface area contributed by atoms with Crippen molar-refractivity contribution in [2.75, 3.05) is 25.0 Å². The zero-order valence-electron chi connectivity index (χ0n) is 13.6. The van der Waals surface area contributed by atoms with E-state index >= 15 is 0 Å². The van der Waals surface area contributed by atoms with Crippen LogP contribution in [0.4, 0.5) is 5.69 Å². The van der Waals surface area contributed by atoms with Gasteiger partial charge in [0.25, 0.3) is 0 Å². The van der Waals surface area contributed by atoms with Crippen LogP contribution in [0.15, 0.2) is 18.2 Å². The summed E-state index contributed by atoms with van der Waals surface area (Å²) in [6, 6.07) is 8.65. The lowest BCUT2D eigenvalue weighted by atomic mass is 9.74. The first-order valence-corrected chi connectivity index (χ1v) is 8.10. The molecule has 1 saturated heterocycles. The van der Waals surface area contributed by atoms with Gasteiger partial charge in [0, 0.05) is 19.6 Å². The SMILES string of the molecule is CCC1(CC)CCN(c2ccc(CNC)cc2C#N)CC1. The van der Waals surface area contributed by atoms with E-state index in [2.05, 4.69) is 42.3 Å². The normalized spacial score (nSPS) is 17.5. The van der Waals surface area contributed by atoms with E-state index < -0.39 is 0 Å². The molecule has 0 aliphatic carbocycles. The third kappa shape index (κ3) is 3.39. The van der Waals surface area contributed by atoms with Crippen LogP contribution >= 0.6 is 0 Å². The van der Waals surface area contributed by atoms with Crippen LogP contribution in [-0.4, -0.2) is 20.1 Å². The van der Waals surface area contributed by atoms with Crippen molar-refractivity contribution in [2.45, 2.75) is 46.1 Å². The number of anilines is 1. The maximum absolute atomic E-state index is 9.44. The van der Waals surface area contributed by atoms with Crippen LogP contribution < -0.4 is 10.2 Å². The largest absolute Gasteiger partial charge is 0.370 e. The van der Waals surface area contributed by atoms with E-state index in [1.165, 1.54) is 31.2 Å². The molecule has 3 nitrogen and oxygen atoms in total. The van der Waals surface area contributed by atoms with E-state index in [9.17, 15) is 5.26 Å². The zero-order valence-corrected chi connectivity index (χ0v) is 13.6. The molecule has 2 rings (SSSR count). The smallest absolute Gasteiger partial charge is 0.101 e. The Bertz CT molecular complexity index is 502. The zero-order chi connectivity index (χ0) is 15.3. The Hall–Kier alpha value is -1.53. The van der Waals surface area contributed by atoms with Gasteiger partial charge in [-0.1, -0.05) is 32.8 Å². The van der Waals surface area contributed by atoms with Crippen LogP contribution in [0, 0.1) is 16.7 Å². The minimum absolute atomic E-state index is 0.523. The predicted molar refractivity (Wildman–Crippen MR) is 88.4 cm³/mol. The first kappa shape index (κ1) is 15.9. The van der Waals surface area contributed by atoms with Crippen LogP contribution in [0.2, 0.25) is 0 Å². The number of nitrogens with zero attached hydrogens (tertiary/aromatic N) is 2. The van der Waals surface area contributed by atoms with E-state index in [-0.39, 0.29) is 0 Å². The Kier molecular flexibility index (Phi) is 5.25. The maximum Gasteiger partial charge on any atom is 0.101 e. The number of piperidine rings is 1. The van der Waals surface area contributed by atoms with Crippen LogP contribution in [0.25, 0.3) is 0 Å². The summed E-state index contributed by atoms with van der Waals surface area (Å²) < 4.78 is 0. The molecule has 0 amide bonds. The molecule has 1 heterocycles. The second-order valence-electron chi connectivity index (χ2n) is 6.19. The summed E-state index contributed by atoms with van der Waals surface area (Å²) in [5, 5.41) is 12.6. The van der Waals surface area contributed by atoms with E-state index in [4.69, 9.17) is 0 Å². The van der Waals surface area contributed by atoms with Crippen LogP contribution in [0.5, 0.6) is 0 Å². The van der Waals surface area contributed by atoms with Gasteiger partial charge in [-0.25, -0.2) is 0 Å². The molecule has 1 aromatic carbocycles. The molecule has 3 heteroatoms. The van der Waals surface area contributed by atoms with E-state index in [0.29, 0.717) is 5.41 Å². The standard InChI is InChI=1S/C18H27N3/c1-4-18(5-2)8-10-21(11-9-18)17-7-6-15(14-20-3)12-16(17)13-19/h6-7,12,20H,4-5,8-11,14H2,1-3H3. The minimum Gasteiger partial charge on any atom is -0.370 e. The number of hydrogen-bond acceptors (Lipinski definition) is 3. The second kappa shape index (κ2) is 6.95. The quantitative estimate of drug-likeness (QED) is 0.897. The number of rotatable bonds is 5. The van der Waals surface area contributed by atoms with Gasteiger partial charge in [0.15, 0.2) is 0 Å². The lowest BCUT2D eigenvalue weighted by Gasteiger charge is -2.42. The summed E-state index contributed by atoms with van der Waals surface area (Å²) in [6.07, 6.45) is 5.01. The van der Waals surface area contributed by atoms with Crippen molar-refractivity contribution in [3.8, 4) is 6.07 Å².